The van der Waals surface area contributed by atoms with Crippen LogP contribution >= 0.6 is 15.9 Å². The van der Waals surface area contributed by atoms with Crippen molar-refractivity contribution < 1.29 is 13.9 Å². The van der Waals surface area contributed by atoms with Crippen LogP contribution in [-0.2, 0) is 4.74 Å². The summed E-state index contributed by atoms with van der Waals surface area (Å²) >= 11 is 3.06. The van der Waals surface area contributed by atoms with E-state index in [1.54, 1.807) is 12.1 Å². The molecule has 0 aromatic heterocycles. The van der Waals surface area contributed by atoms with Gasteiger partial charge in [-0.25, -0.2) is 9.18 Å². The van der Waals surface area contributed by atoms with Crippen LogP contribution in [0.1, 0.15) is 11.6 Å². The predicted octanol–water partition coefficient (Wildman–Crippen LogP) is 2.37. The molecule has 1 amide bonds. The molecule has 0 aliphatic carbocycles. The van der Waals surface area contributed by atoms with E-state index < -0.39 is 6.09 Å². The summed E-state index contributed by atoms with van der Waals surface area (Å²) in [4.78, 5) is 10.7. The minimum absolute atomic E-state index is 0.245. The van der Waals surface area contributed by atoms with Crippen molar-refractivity contribution in [2.45, 2.75) is 6.04 Å². The van der Waals surface area contributed by atoms with Crippen LogP contribution in [0.4, 0.5) is 9.18 Å². The van der Waals surface area contributed by atoms with Gasteiger partial charge in [-0.1, -0.05) is 6.07 Å². The molecule has 1 atom stereocenters. The molecular weight excluding hydrogens is 253 g/mol. The quantitative estimate of drug-likeness (QED) is 0.841. The van der Waals surface area contributed by atoms with Gasteiger partial charge in [-0.15, -0.1) is 0 Å². The zero-order chi connectivity index (χ0) is 10.1. The van der Waals surface area contributed by atoms with Crippen LogP contribution in [0.15, 0.2) is 22.7 Å². The molecule has 0 spiro atoms. The molecule has 0 radical (unpaired) electrons. The van der Waals surface area contributed by atoms with E-state index >= 15 is 0 Å². The number of hydrogen-bond donors (Lipinski definition) is 1. The largest absolute Gasteiger partial charge is 0.447 e. The summed E-state index contributed by atoms with van der Waals surface area (Å²) in [6.45, 7) is 0.250. The molecule has 3 nitrogen and oxygen atoms in total. The first kappa shape index (κ1) is 9.45. The number of carbonyl (C=O) groups excluding carboxylic acids is 1. The van der Waals surface area contributed by atoms with Crippen LogP contribution in [0.25, 0.3) is 0 Å². The first-order valence-electron chi connectivity index (χ1n) is 4.05. The lowest BCUT2D eigenvalue weighted by molar-refractivity contribution is 0.177. The number of alkyl carbamates (subject to hydrolysis) is 1. The summed E-state index contributed by atoms with van der Waals surface area (Å²) in [7, 11) is 0. The molecule has 1 unspecified atom stereocenters. The molecular formula is C9H7BrFNO2. The lowest BCUT2D eigenvalue weighted by atomic mass is 10.1. The van der Waals surface area contributed by atoms with Crippen molar-refractivity contribution in [2.75, 3.05) is 6.61 Å². The fraction of sp³-hybridized carbons (Fsp3) is 0.222. The van der Waals surface area contributed by atoms with Crippen LogP contribution in [0.3, 0.4) is 0 Å². The first-order valence-corrected chi connectivity index (χ1v) is 4.84. The van der Waals surface area contributed by atoms with Crippen molar-refractivity contribution in [1.82, 2.24) is 5.32 Å². The standard InChI is InChI=1S/C9H7BrFNO2/c10-6-2-1-5(3-7(6)11)8-4-14-9(13)12-8/h1-3,8H,4H2,(H,12,13). The van der Waals surface area contributed by atoms with Gasteiger partial charge in [0.25, 0.3) is 0 Å². The zero-order valence-corrected chi connectivity index (χ0v) is 8.67. The van der Waals surface area contributed by atoms with Crippen molar-refractivity contribution in [2.24, 2.45) is 0 Å². The van der Waals surface area contributed by atoms with Gasteiger partial charge in [-0.2, -0.15) is 0 Å². The summed E-state index contributed by atoms with van der Waals surface area (Å²) in [5, 5.41) is 2.57. The summed E-state index contributed by atoms with van der Waals surface area (Å²) in [5.41, 5.74) is 0.705. The molecule has 1 saturated heterocycles. The van der Waals surface area contributed by atoms with Gasteiger partial charge in [0.2, 0.25) is 0 Å². The average Bonchev–Trinajstić information content (AvgIpc) is 2.57. The highest BCUT2D eigenvalue weighted by atomic mass is 79.9. The van der Waals surface area contributed by atoms with Gasteiger partial charge < -0.3 is 10.1 Å². The highest BCUT2D eigenvalue weighted by molar-refractivity contribution is 9.10. The van der Waals surface area contributed by atoms with Crippen LogP contribution in [0.5, 0.6) is 0 Å². The molecule has 1 heterocycles. The number of cyclic esters (lactones) is 1. The Morgan fingerprint density at radius 2 is 2.36 bits per heavy atom. The second kappa shape index (κ2) is 3.57. The fourth-order valence-electron chi connectivity index (χ4n) is 1.29. The minimum atomic E-state index is -0.460. The Labute approximate surface area is 88.4 Å². The molecule has 1 fully saturated rings. The van der Waals surface area contributed by atoms with Gasteiger partial charge >= 0.3 is 6.09 Å². The van der Waals surface area contributed by atoms with E-state index in [0.717, 1.165) is 0 Å². The lowest BCUT2D eigenvalue weighted by Crippen LogP contribution is -2.18. The van der Waals surface area contributed by atoms with Crippen molar-refractivity contribution in [1.29, 1.82) is 0 Å². The fourth-order valence-corrected chi connectivity index (χ4v) is 1.54. The Morgan fingerprint density at radius 3 is 2.93 bits per heavy atom. The van der Waals surface area contributed by atoms with Gasteiger partial charge in [-0.05, 0) is 33.6 Å². The number of carbonyl (C=O) groups is 1. The number of benzene rings is 1. The van der Waals surface area contributed by atoms with E-state index in [1.807, 2.05) is 0 Å². The highest BCUT2D eigenvalue weighted by Crippen LogP contribution is 2.22. The summed E-state index contributed by atoms with van der Waals surface area (Å²) < 4.78 is 18.2. The monoisotopic (exact) mass is 259 g/mol. The zero-order valence-electron chi connectivity index (χ0n) is 7.09. The number of hydrogen-bond acceptors (Lipinski definition) is 2. The Morgan fingerprint density at radius 1 is 1.57 bits per heavy atom. The predicted molar refractivity (Wildman–Crippen MR) is 51.3 cm³/mol. The number of halogens is 2. The first-order chi connectivity index (χ1) is 6.66. The number of rotatable bonds is 1. The van der Waals surface area contributed by atoms with E-state index in [0.29, 0.717) is 10.0 Å². The van der Waals surface area contributed by atoms with Crippen molar-refractivity contribution in [3.63, 3.8) is 0 Å². The molecule has 0 bridgehead atoms. The SMILES string of the molecule is O=C1NC(c2ccc(Br)c(F)c2)CO1. The van der Waals surface area contributed by atoms with Crippen molar-refractivity contribution >= 4 is 22.0 Å². The van der Waals surface area contributed by atoms with Crippen LogP contribution in [0, 0.1) is 5.82 Å². The summed E-state index contributed by atoms with van der Waals surface area (Å²) in [6, 6.07) is 4.48. The molecule has 1 aliphatic heterocycles. The molecule has 2 rings (SSSR count). The second-order valence-corrected chi connectivity index (χ2v) is 3.82. The lowest BCUT2D eigenvalue weighted by Gasteiger charge is -2.07. The Hall–Kier alpha value is -1.10. The Bertz CT molecular complexity index is 383. The molecule has 5 heteroatoms. The maximum Gasteiger partial charge on any atom is 0.407 e. The molecule has 0 saturated carbocycles. The topological polar surface area (TPSA) is 38.3 Å². The smallest absolute Gasteiger partial charge is 0.407 e. The van der Waals surface area contributed by atoms with Crippen LogP contribution in [-0.4, -0.2) is 12.7 Å². The molecule has 14 heavy (non-hydrogen) atoms. The summed E-state index contributed by atoms with van der Waals surface area (Å²) in [5.74, 6) is -0.344. The van der Waals surface area contributed by atoms with E-state index in [4.69, 9.17) is 4.74 Å². The van der Waals surface area contributed by atoms with Gasteiger partial charge in [0.05, 0.1) is 10.5 Å². The molecule has 1 aromatic rings. The second-order valence-electron chi connectivity index (χ2n) is 2.97. The van der Waals surface area contributed by atoms with E-state index in [-0.39, 0.29) is 18.5 Å². The minimum Gasteiger partial charge on any atom is -0.447 e. The van der Waals surface area contributed by atoms with Gasteiger partial charge in [0.1, 0.15) is 12.4 Å². The van der Waals surface area contributed by atoms with Gasteiger partial charge in [-0.3, -0.25) is 0 Å². The number of amides is 1. The van der Waals surface area contributed by atoms with Gasteiger partial charge in [0.15, 0.2) is 0 Å². The Balaban J connectivity index is 2.24. The van der Waals surface area contributed by atoms with Crippen LogP contribution < -0.4 is 5.32 Å². The Kier molecular flexibility index (Phi) is 2.41. The normalized spacial score (nSPS) is 20.4. The molecule has 1 N–H and O–H groups in total. The molecule has 1 aromatic carbocycles. The van der Waals surface area contributed by atoms with Gasteiger partial charge in [0, 0.05) is 0 Å². The van der Waals surface area contributed by atoms with E-state index in [9.17, 15) is 9.18 Å². The third kappa shape index (κ3) is 1.72. The third-order valence-electron chi connectivity index (χ3n) is 2.02. The van der Waals surface area contributed by atoms with Crippen molar-refractivity contribution in [3.8, 4) is 0 Å². The summed E-state index contributed by atoms with van der Waals surface area (Å²) in [6.07, 6.45) is -0.460. The number of ether oxygens (including phenoxy) is 1. The third-order valence-corrected chi connectivity index (χ3v) is 2.66. The van der Waals surface area contributed by atoms with E-state index in [2.05, 4.69) is 21.2 Å². The molecule has 1 aliphatic rings. The van der Waals surface area contributed by atoms with E-state index in [1.165, 1.54) is 6.07 Å². The number of nitrogens with one attached hydrogen (secondary N) is 1. The maximum atomic E-state index is 13.1. The average molecular weight is 260 g/mol. The highest BCUT2D eigenvalue weighted by Gasteiger charge is 2.24. The van der Waals surface area contributed by atoms with Crippen LogP contribution in [0.2, 0.25) is 0 Å². The molecule has 74 valence electrons. The maximum absolute atomic E-state index is 13.1. The van der Waals surface area contributed by atoms with Crippen molar-refractivity contribution in [3.05, 3.63) is 34.1 Å².